The molecule has 6 nitrogen and oxygen atoms in total. The van der Waals surface area contributed by atoms with Gasteiger partial charge in [-0.1, -0.05) is 47.2 Å². The van der Waals surface area contributed by atoms with Gasteiger partial charge >= 0.3 is 0 Å². The van der Waals surface area contributed by atoms with E-state index in [1.165, 1.54) is 11.1 Å². The number of carbonyl (C=O) groups is 1. The number of aryl methyl sites for hydroxylation is 2. The van der Waals surface area contributed by atoms with Crippen LogP contribution in [0.4, 0.5) is 23.0 Å². The van der Waals surface area contributed by atoms with Crippen LogP contribution in [0.2, 0.25) is 0 Å². The third kappa shape index (κ3) is 7.08. The number of hydrogen-bond acceptors (Lipinski definition) is 6. The fourth-order valence-corrected chi connectivity index (χ4v) is 3.94. The minimum Gasteiger partial charge on any atom is -0.385 e. The number of anilines is 4. The highest BCUT2D eigenvalue weighted by atomic mass is 32.2. The minimum absolute atomic E-state index is 0.0253. The molecule has 7 heteroatoms. The van der Waals surface area contributed by atoms with E-state index in [-0.39, 0.29) is 5.91 Å². The van der Waals surface area contributed by atoms with E-state index in [0.717, 1.165) is 27.0 Å². The average Bonchev–Trinajstić information content (AvgIpc) is 2.83. The van der Waals surface area contributed by atoms with Gasteiger partial charge in [0.1, 0.15) is 5.03 Å². The highest BCUT2D eigenvalue weighted by molar-refractivity contribution is 7.99. The van der Waals surface area contributed by atoms with E-state index < -0.39 is 0 Å². The molecular weight excluding hydrogens is 442 g/mol. The molecule has 1 aromatic heterocycles. The molecule has 1 amide bonds. The van der Waals surface area contributed by atoms with E-state index in [2.05, 4.69) is 39.8 Å². The molecule has 3 aromatic carbocycles. The van der Waals surface area contributed by atoms with Crippen molar-refractivity contribution in [2.45, 2.75) is 30.2 Å². The molecule has 0 aliphatic carbocycles. The molecule has 0 aliphatic heterocycles. The summed E-state index contributed by atoms with van der Waals surface area (Å²) in [5, 5.41) is 10.3. The second-order valence-electron chi connectivity index (χ2n) is 7.93. The van der Waals surface area contributed by atoms with Crippen molar-refractivity contribution in [3.63, 3.8) is 0 Å². The Balaban J connectivity index is 1.26. The zero-order valence-corrected chi connectivity index (χ0v) is 20.0. The lowest BCUT2D eigenvalue weighted by atomic mass is 10.2. The molecule has 0 fully saturated rings. The molecule has 172 valence electrons. The molecule has 0 saturated carbocycles. The first kappa shape index (κ1) is 23.3. The van der Waals surface area contributed by atoms with Gasteiger partial charge in [-0.25, -0.2) is 9.97 Å². The number of hydrogen-bond donors (Lipinski definition) is 3. The lowest BCUT2D eigenvalue weighted by Gasteiger charge is -2.09. The maximum Gasteiger partial charge on any atom is 0.228 e. The van der Waals surface area contributed by atoms with Gasteiger partial charge in [-0.05, 0) is 68.4 Å². The maximum absolute atomic E-state index is 12.3. The van der Waals surface area contributed by atoms with Crippen LogP contribution >= 0.6 is 11.8 Å². The van der Waals surface area contributed by atoms with Gasteiger partial charge in [0.15, 0.2) is 0 Å². The molecule has 0 bridgehead atoms. The lowest BCUT2D eigenvalue weighted by Crippen LogP contribution is -2.16. The summed E-state index contributed by atoms with van der Waals surface area (Å²) >= 11 is 1.54. The van der Waals surface area contributed by atoms with Crippen molar-refractivity contribution < 1.29 is 4.79 Å². The van der Waals surface area contributed by atoms with Crippen LogP contribution in [-0.4, -0.2) is 22.4 Å². The van der Waals surface area contributed by atoms with Crippen molar-refractivity contribution >= 4 is 40.7 Å². The molecule has 0 unspecified atom stereocenters. The van der Waals surface area contributed by atoms with E-state index in [1.54, 1.807) is 18.0 Å². The first-order chi connectivity index (χ1) is 16.5. The van der Waals surface area contributed by atoms with Crippen LogP contribution in [0.15, 0.2) is 95.0 Å². The van der Waals surface area contributed by atoms with E-state index >= 15 is 0 Å². The number of nitrogens with one attached hydrogen (secondary N) is 3. The number of rotatable bonds is 9. The van der Waals surface area contributed by atoms with Gasteiger partial charge < -0.3 is 16.0 Å². The third-order valence-corrected chi connectivity index (χ3v) is 5.98. The zero-order valence-electron chi connectivity index (χ0n) is 19.2. The summed E-state index contributed by atoms with van der Waals surface area (Å²) in [6, 6.07) is 25.8. The molecule has 0 spiro atoms. The van der Waals surface area contributed by atoms with Gasteiger partial charge in [0.05, 0.1) is 0 Å². The fourth-order valence-electron chi connectivity index (χ4n) is 3.17. The standard InChI is InChI=1S/C27H27N5OS/c1-19-3-7-21(8-4-19)28-17-15-25(33)30-22-11-13-24(14-12-22)34-26-16-18-29-27(32-26)31-23-9-5-20(2)6-10-23/h3-14,16,18,28H,15,17H2,1-2H3,(H,30,33)(H,29,31,32). The summed E-state index contributed by atoms with van der Waals surface area (Å²) in [5.74, 6) is 0.527. The van der Waals surface area contributed by atoms with E-state index in [9.17, 15) is 4.79 Å². The normalized spacial score (nSPS) is 10.5. The van der Waals surface area contributed by atoms with E-state index in [0.29, 0.717) is 18.9 Å². The summed E-state index contributed by atoms with van der Waals surface area (Å²) in [5.41, 5.74) is 5.15. The summed E-state index contributed by atoms with van der Waals surface area (Å²) in [6.07, 6.45) is 2.13. The quantitative estimate of drug-likeness (QED) is 0.245. The topological polar surface area (TPSA) is 78.9 Å². The van der Waals surface area contributed by atoms with Crippen LogP contribution in [0.5, 0.6) is 0 Å². The first-order valence-electron chi connectivity index (χ1n) is 11.1. The largest absolute Gasteiger partial charge is 0.385 e. The Bertz CT molecular complexity index is 1230. The van der Waals surface area contributed by atoms with Crippen LogP contribution in [0.1, 0.15) is 17.5 Å². The van der Waals surface area contributed by atoms with Gasteiger partial charge in [-0.3, -0.25) is 4.79 Å². The van der Waals surface area contributed by atoms with Crippen LogP contribution in [0.25, 0.3) is 0 Å². The Hall–Kier alpha value is -3.84. The van der Waals surface area contributed by atoms with E-state index in [4.69, 9.17) is 0 Å². The smallest absolute Gasteiger partial charge is 0.228 e. The monoisotopic (exact) mass is 469 g/mol. The third-order valence-electron chi connectivity index (χ3n) is 5.03. The van der Waals surface area contributed by atoms with Crippen molar-refractivity contribution in [2.75, 3.05) is 22.5 Å². The van der Waals surface area contributed by atoms with Gasteiger partial charge in [-0.15, -0.1) is 0 Å². The van der Waals surface area contributed by atoms with Crippen LogP contribution in [0, 0.1) is 13.8 Å². The zero-order chi connectivity index (χ0) is 23.8. The van der Waals surface area contributed by atoms with Gasteiger partial charge in [0.2, 0.25) is 11.9 Å². The Morgan fingerprint density at radius 2 is 1.41 bits per heavy atom. The van der Waals surface area contributed by atoms with Crippen molar-refractivity contribution in [3.05, 3.63) is 96.2 Å². The predicted octanol–water partition coefficient (Wildman–Crippen LogP) is 6.43. The lowest BCUT2D eigenvalue weighted by molar-refractivity contribution is -0.115. The van der Waals surface area contributed by atoms with Gasteiger partial charge in [0.25, 0.3) is 0 Å². The number of amides is 1. The van der Waals surface area contributed by atoms with Crippen molar-refractivity contribution in [1.29, 1.82) is 0 Å². The molecule has 0 saturated heterocycles. The second kappa shape index (κ2) is 11.3. The van der Waals surface area contributed by atoms with Gasteiger partial charge in [-0.2, -0.15) is 0 Å². The number of carbonyl (C=O) groups excluding carboxylic acids is 1. The molecule has 0 radical (unpaired) electrons. The summed E-state index contributed by atoms with van der Waals surface area (Å²) < 4.78 is 0. The summed E-state index contributed by atoms with van der Waals surface area (Å²) in [4.78, 5) is 22.2. The molecule has 34 heavy (non-hydrogen) atoms. The Morgan fingerprint density at radius 1 is 0.794 bits per heavy atom. The maximum atomic E-state index is 12.3. The molecule has 4 aromatic rings. The van der Waals surface area contributed by atoms with Crippen LogP contribution in [-0.2, 0) is 4.79 Å². The molecule has 4 rings (SSSR count). The fraction of sp³-hybridized carbons (Fsp3) is 0.148. The Labute approximate surface area is 204 Å². The second-order valence-corrected chi connectivity index (χ2v) is 9.02. The number of aromatic nitrogens is 2. The highest BCUT2D eigenvalue weighted by Crippen LogP contribution is 2.28. The molecule has 1 heterocycles. The minimum atomic E-state index is -0.0253. The SMILES string of the molecule is Cc1ccc(NCCC(=O)Nc2ccc(Sc3ccnc(Nc4ccc(C)cc4)n3)cc2)cc1. The number of nitrogens with zero attached hydrogens (tertiary/aromatic N) is 2. The summed E-state index contributed by atoms with van der Waals surface area (Å²) in [7, 11) is 0. The van der Waals surface area contributed by atoms with Crippen molar-refractivity contribution in [3.8, 4) is 0 Å². The van der Waals surface area contributed by atoms with Crippen molar-refractivity contribution in [2.24, 2.45) is 0 Å². The van der Waals surface area contributed by atoms with Gasteiger partial charge in [0, 0.05) is 41.1 Å². The Kier molecular flexibility index (Phi) is 7.78. The van der Waals surface area contributed by atoms with Crippen molar-refractivity contribution in [1.82, 2.24) is 9.97 Å². The van der Waals surface area contributed by atoms with Crippen LogP contribution in [0.3, 0.4) is 0 Å². The predicted molar refractivity (Wildman–Crippen MR) is 140 cm³/mol. The average molecular weight is 470 g/mol. The Morgan fingerprint density at radius 3 is 2.09 bits per heavy atom. The molecule has 0 atom stereocenters. The first-order valence-corrected chi connectivity index (χ1v) is 11.9. The summed E-state index contributed by atoms with van der Waals surface area (Å²) in [6.45, 7) is 4.68. The highest BCUT2D eigenvalue weighted by Gasteiger charge is 2.05. The molecular formula is C27H27N5OS. The van der Waals surface area contributed by atoms with Crippen LogP contribution < -0.4 is 16.0 Å². The molecule has 3 N–H and O–H groups in total. The number of benzene rings is 3. The van der Waals surface area contributed by atoms with E-state index in [1.807, 2.05) is 78.9 Å². The molecule has 0 aliphatic rings.